The van der Waals surface area contributed by atoms with Gasteiger partial charge in [0.15, 0.2) is 0 Å². The number of benzene rings is 1. The lowest BCUT2D eigenvalue weighted by molar-refractivity contribution is -0.134. The van der Waals surface area contributed by atoms with Crippen molar-refractivity contribution in [3.63, 3.8) is 0 Å². The van der Waals surface area contributed by atoms with E-state index in [0.29, 0.717) is 13.0 Å². The van der Waals surface area contributed by atoms with Crippen LogP contribution in [0.15, 0.2) is 24.3 Å². The fraction of sp³-hybridized carbons (Fsp3) is 0.500. The molecule has 1 amide bonds. The molecular weight excluding hydrogens is 267 g/mol. The van der Waals surface area contributed by atoms with Crippen molar-refractivity contribution in [1.29, 1.82) is 0 Å². The molecule has 5 heteroatoms. The maximum Gasteiger partial charge on any atom is 0.224 e. The largest absolute Gasteiger partial charge is 0.336 e. The molecule has 19 heavy (non-hydrogen) atoms. The van der Waals surface area contributed by atoms with Gasteiger partial charge in [0.25, 0.3) is 0 Å². The summed E-state index contributed by atoms with van der Waals surface area (Å²) in [5, 5.41) is 0. The molecule has 0 aromatic heterocycles. The molecule has 2 N–H and O–H groups in total. The fourth-order valence-electron chi connectivity index (χ4n) is 2.53. The summed E-state index contributed by atoms with van der Waals surface area (Å²) in [5.74, 6) is -0.138. The molecule has 1 aromatic carbocycles. The van der Waals surface area contributed by atoms with E-state index < -0.39 is 0 Å². The highest BCUT2D eigenvalue weighted by Crippen LogP contribution is 2.31. The second-order valence-corrected chi connectivity index (χ2v) is 4.69. The number of rotatable bonds is 3. The first-order valence-corrected chi connectivity index (χ1v) is 6.47. The second kappa shape index (κ2) is 7.46. The highest BCUT2D eigenvalue weighted by Gasteiger charge is 2.27. The molecule has 0 bridgehead atoms. The van der Waals surface area contributed by atoms with E-state index in [1.54, 1.807) is 12.1 Å². The molecule has 2 rings (SSSR count). The molecule has 0 aliphatic carbocycles. The molecule has 1 aromatic rings. The Balaban J connectivity index is 0.00000180. The number of carbonyl (C=O) groups excluding carboxylic acids is 1. The molecule has 1 aliphatic heterocycles. The van der Waals surface area contributed by atoms with Crippen molar-refractivity contribution in [2.45, 2.75) is 31.7 Å². The number of likely N-dealkylation sites (tertiary alicyclic amines) is 1. The van der Waals surface area contributed by atoms with Gasteiger partial charge >= 0.3 is 0 Å². The predicted octanol–water partition coefficient (Wildman–Crippen LogP) is 2.65. The van der Waals surface area contributed by atoms with E-state index in [1.807, 2.05) is 4.90 Å². The molecule has 106 valence electrons. The van der Waals surface area contributed by atoms with Gasteiger partial charge in [-0.3, -0.25) is 4.79 Å². The zero-order valence-corrected chi connectivity index (χ0v) is 11.7. The lowest BCUT2D eigenvalue weighted by Gasteiger charge is -2.36. The monoisotopic (exact) mass is 286 g/mol. The summed E-state index contributed by atoms with van der Waals surface area (Å²) in [4.78, 5) is 13.9. The van der Waals surface area contributed by atoms with Gasteiger partial charge in [-0.1, -0.05) is 12.1 Å². The summed E-state index contributed by atoms with van der Waals surface area (Å²) in [5.41, 5.74) is 6.46. The Morgan fingerprint density at radius 2 is 2.00 bits per heavy atom. The molecule has 0 saturated carbocycles. The van der Waals surface area contributed by atoms with Gasteiger partial charge in [0.2, 0.25) is 5.91 Å². The fourth-order valence-corrected chi connectivity index (χ4v) is 2.53. The van der Waals surface area contributed by atoms with E-state index in [9.17, 15) is 9.18 Å². The highest BCUT2D eigenvalue weighted by molar-refractivity contribution is 5.85. The summed E-state index contributed by atoms with van der Waals surface area (Å²) in [6, 6.07) is 6.53. The van der Waals surface area contributed by atoms with Crippen molar-refractivity contribution in [3.8, 4) is 0 Å². The van der Waals surface area contributed by atoms with Gasteiger partial charge < -0.3 is 10.6 Å². The average Bonchev–Trinajstić information content (AvgIpc) is 2.40. The van der Waals surface area contributed by atoms with Crippen molar-refractivity contribution >= 4 is 18.3 Å². The Labute approximate surface area is 119 Å². The molecule has 1 saturated heterocycles. The molecule has 1 unspecified atom stereocenters. The number of amides is 1. The Bertz CT molecular complexity index is 410. The minimum Gasteiger partial charge on any atom is -0.336 e. The van der Waals surface area contributed by atoms with Crippen LogP contribution in [0.5, 0.6) is 0 Å². The van der Waals surface area contributed by atoms with E-state index in [2.05, 4.69) is 0 Å². The summed E-state index contributed by atoms with van der Waals surface area (Å²) < 4.78 is 12.9. The third kappa shape index (κ3) is 3.91. The van der Waals surface area contributed by atoms with Crippen LogP contribution in [0.4, 0.5) is 4.39 Å². The van der Waals surface area contributed by atoms with Gasteiger partial charge in [-0.2, -0.15) is 0 Å². The van der Waals surface area contributed by atoms with Gasteiger partial charge in [-0.05, 0) is 37.0 Å². The number of carbonyl (C=O) groups is 1. The second-order valence-electron chi connectivity index (χ2n) is 4.69. The number of nitrogens with zero attached hydrogens (tertiary/aromatic N) is 1. The van der Waals surface area contributed by atoms with E-state index in [0.717, 1.165) is 31.4 Å². The Kier molecular flexibility index (Phi) is 6.25. The van der Waals surface area contributed by atoms with Crippen molar-refractivity contribution in [2.75, 3.05) is 13.1 Å². The molecular formula is C14H20ClFN2O. The number of piperidine rings is 1. The average molecular weight is 287 g/mol. The van der Waals surface area contributed by atoms with Crippen LogP contribution in [0.25, 0.3) is 0 Å². The molecule has 3 nitrogen and oxygen atoms in total. The number of hydrogen-bond donors (Lipinski definition) is 1. The van der Waals surface area contributed by atoms with Crippen LogP contribution in [0.1, 0.15) is 37.3 Å². The van der Waals surface area contributed by atoms with Gasteiger partial charge in [-0.15, -0.1) is 12.4 Å². The third-order valence-corrected chi connectivity index (χ3v) is 3.44. The zero-order valence-electron chi connectivity index (χ0n) is 10.8. The summed E-state index contributed by atoms with van der Waals surface area (Å²) >= 11 is 0. The van der Waals surface area contributed by atoms with Crippen molar-refractivity contribution in [3.05, 3.63) is 35.6 Å². The van der Waals surface area contributed by atoms with Crippen molar-refractivity contribution in [2.24, 2.45) is 5.73 Å². The summed E-state index contributed by atoms with van der Waals surface area (Å²) in [6.07, 6.45) is 3.47. The van der Waals surface area contributed by atoms with E-state index in [-0.39, 0.29) is 30.2 Å². The van der Waals surface area contributed by atoms with Gasteiger partial charge in [0, 0.05) is 19.5 Å². The SMILES string of the molecule is Cl.NCCC(=O)N1CCCCC1c1ccc(F)cc1. The normalized spacial score (nSPS) is 18.8. The smallest absolute Gasteiger partial charge is 0.224 e. The molecule has 0 radical (unpaired) electrons. The van der Waals surface area contributed by atoms with Crippen LogP contribution in [-0.2, 0) is 4.79 Å². The Morgan fingerprint density at radius 1 is 1.32 bits per heavy atom. The molecule has 1 aliphatic rings. The Morgan fingerprint density at radius 3 is 2.63 bits per heavy atom. The van der Waals surface area contributed by atoms with Crippen LogP contribution in [0.3, 0.4) is 0 Å². The Hall–Kier alpha value is -1.13. The van der Waals surface area contributed by atoms with Crippen LogP contribution in [-0.4, -0.2) is 23.9 Å². The van der Waals surface area contributed by atoms with Crippen LogP contribution >= 0.6 is 12.4 Å². The summed E-state index contributed by atoms with van der Waals surface area (Å²) in [7, 11) is 0. The van der Waals surface area contributed by atoms with E-state index in [1.165, 1.54) is 12.1 Å². The highest BCUT2D eigenvalue weighted by atomic mass is 35.5. The van der Waals surface area contributed by atoms with Crippen LogP contribution in [0, 0.1) is 5.82 Å². The van der Waals surface area contributed by atoms with Crippen LogP contribution < -0.4 is 5.73 Å². The first-order valence-electron chi connectivity index (χ1n) is 6.47. The predicted molar refractivity (Wildman–Crippen MR) is 75.6 cm³/mol. The third-order valence-electron chi connectivity index (χ3n) is 3.44. The van der Waals surface area contributed by atoms with Gasteiger partial charge in [0.1, 0.15) is 5.82 Å². The van der Waals surface area contributed by atoms with E-state index >= 15 is 0 Å². The van der Waals surface area contributed by atoms with Crippen LogP contribution in [0.2, 0.25) is 0 Å². The molecule has 1 heterocycles. The van der Waals surface area contributed by atoms with Crippen molar-refractivity contribution in [1.82, 2.24) is 4.90 Å². The zero-order chi connectivity index (χ0) is 13.0. The minimum absolute atomic E-state index is 0. The maximum absolute atomic E-state index is 12.9. The van der Waals surface area contributed by atoms with Gasteiger partial charge in [0.05, 0.1) is 6.04 Å². The van der Waals surface area contributed by atoms with Crippen molar-refractivity contribution < 1.29 is 9.18 Å². The lowest BCUT2D eigenvalue weighted by atomic mass is 9.95. The first kappa shape index (κ1) is 15.9. The first-order chi connectivity index (χ1) is 8.72. The number of halogens is 2. The number of hydrogen-bond acceptors (Lipinski definition) is 2. The van der Waals surface area contributed by atoms with Gasteiger partial charge in [-0.25, -0.2) is 4.39 Å². The standard InChI is InChI=1S/C14H19FN2O.ClH/c15-12-6-4-11(5-7-12)13-3-1-2-10-17(13)14(18)8-9-16;/h4-7,13H,1-3,8-10,16H2;1H. The molecule has 0 spiro atoms. The minimum atomic E-state index is -0.241. The topological polar surface area (TPSA) is 46.3 Å². The maximum atomic E-state index is 12.9. The van der Waals surface area contributed by atoms with E-state index in [4.69, 9.17) is 5.73 Å². The molecule has 1 atom stereocenters. The lowest BCUT2D eigenvalue weighted by Crippen LogP contribution is -2.39. The molecule has 1 fully saturated rings. The summed E-state index contributed by atoms with van der Waals surface area (Å²) in [6.45, 7) is 1.16. The number of nitrogens with two attached hydrogens (primary N) is 1. The quantitative estimate of drug-likeness (QED) is 0.928.